The van der Waals surface area contributed by atoms with Crippen molar-refractivity contribution < 1.29 is 42.1 Å². The number of nitrogens with zero attached hydrogens (tertiary/aromatic N) is 1. The third kappa shape index (κ3) is 25.7. The lowest BCUT2D eigenvalue weighted by Crippen LogP contribution is -2.37. The SMILES string of the molecule is CC/C=C\C/C=C\C/C=C\C/C=C\C/C=C\CC(=O)OC(COC(=O)CC)COP(=O)(O)OCC[N+](C)(C)C. The minimum atomic E-state index is -4.36. The summed E-state index contributed by atoms with van der Waals surface area (Å²) in [4.78, 5) is 33.6. The lowest BCUT2D eigenvalue weighted by atomic mass is 10.2. The van der Waals surface area contributed by atoms with E-state index in [1.807, 2.05) is 33.3 Å². The van der Waals surface area contributed by atoms with E-state index in [9.17, 15) is 19.0 Å². The van der Waals surface area contributed by atoms with E-state index in [1.165, 1.54) is 0 Å². The molecule has 0 fully saturated rings. The van der Waals surface area contributed by atoms with Crippen LogP contribution >= 0.6 is 7.82 Å². The standard InChI is InChI=1S/C29H48NO8P/c1-6-8-9-10-11-12-13-14-15-16-17-18-19-20-21-22-29(32)38-27(25-35-28(31)7-2)26-37-39(33,34)36-24-23-30(3,4)5/h8-9,11-12,14-15,17-18,20-21,27H,6-7,10,13,16,19,22-26H2,1-5H3/p+1/b9-8-,12-11-,15-14-,18-17-,21-20-. The van der Waals surface area contributed by atoms with Crippen molar-refractivity contribution in [3.63, 3.8) is 0 Å². The summed E-state index contributed by atoms with van der Waals surface area (Å²) < 4.78 is 33.0. The molecule has 39 heavy (non-hydrogen) atoms. The van der Waals surface area contributed by atoms with E-state index >= 15 is 0 Å². The van der Waals surface area contributed by atoms with Crippen molar-refractivity contribution in [2.75, 3.05) is 47.5 Å². The second kappa shape index (κ2) is 22.5. The lowest BCUT2D eigenvalue weighted by molar-refractivity contribution is -0.870. The Bertz CT molecular complexity index is 871. The van der Waals surface area contributed by atoms with Crippen molar-refractivity contribution in [2.24, 2.45) is 0 Å². The van der Waals surface area contributed by atoms with Crippen LogP contribution in [0, 0.1) is 0 Å². The fraction of sp³-hybridized carbons (Fsp3) is 0.586. The van der Waals surface area contributed by atoms with Crippen molar-refractivity contribution >= 4 is 19.8 Å². The molecule has 0 aromatic rings. The van der Waals surface area contributed by atoms with Crippen LogP contribution in [0.2, 0.25) is 0 Å². The molecule has 0 heterocycles. The van der Waals surface area contributed by atoms with Gasteiger partial charge in [-0.05, 0) is 32.1 Å². The summed E-state index contributed by atoms with van der Waals surface area (Å²) in [6, 6.07) is 0. The van der Waals surface area contributed by atoms with Crippen LogP contribution in [-0.2, 0) is 32.7 Å². The lowest BCUT2D eigenvalue weighted by Gasteiger charge is -2.24. The van der Waals surface area contributed by atoms with Gasteiger partial charge in [0.15, 0.2) is 6.10 Å². The van der Waals surface area contributed by atoms with E-state index in [4.69, 9.17) is 18.5 Å². The number of esters is 2. The smallest absolute Gasteiger partial charge is 0.462 e. The zero-order chi connectivity index (χ0) is 29.4. The van der Waals surface area contributed by atoms with Gasteiger partial charge in [0, 0.05) is 6.42 Å². The predicted octanol–water partition coefficient (Wildman–Crippen LogP) is 5.83. The fourth-order valence-electron chi connectivity index (χ4n) is 2.71. The van der Waals surface area contributed by atoms with E-state index in [-0.39, 0.29) is 26.1 Å². The van der Waals surface area contributed by atoms with Gasteiger partial charge in [-0.25, -0.2) is 4.57 Å². The van der Waals surface area contributed by atoms with Crippen LogP contribution in [-0.4, -0.2) is 74.9 Å². The molecule has 0 saturated heterocycles. The van der Waals surface area contributed by atoms with E-state index in [0.717, 1.165) is 25.7 Å². The zero-order valence-corrected chi connectivity index (χ0v) is 25.2. The molecule has 0 radical (unpaired) electrons. The van der Waals surface area contributed by atoms with Gasteiger partial charge >= 0.3 is 19.8 Å². The van der Waals surface area contributed by atoms with Gasteiger partial charge in [0.1, 0.15) is 19.8 Å². The quantitative estimate of drug-likeness (QED) is 0.0749. The molecule has 1 N–H and O–H groups in total. The Morgan fingerprint density at radius 2 is 1.28 bits per heavy atom. The molecule has 0 aromatic heterocycles. The maximum Gasteiger partial charge on any atom is 0.472 e. The van der Waals surface area contributed by atoms with Crippen LogP contribution in [0.25, 0.3) is 0 Å². The maximum atomic E-state index is 12.2. The molecule has 0 aliphatic carbocycles. The average molecular weight is 571 g/mol. The molecule has 0 spiro atoms. The van der Waals surface area contributed by atoms with Gasteiger partial charge in [-0.3, -0.25) is 18.6 Å². The number of allylic oxidation sites excluding steroid dienone is 9. The molecule has 2 unspecified atom stereocenters. The summed E-state index contributed by atoms with van der Waals surface area (Å²) in [6.07, 6.45) is 24.0. The largest absolute Gasteiger partial charge is 0.472 e. The van der Waals surface area contributed by atoms with E-state index < -0.39 is 32.5 Å². The van der Waals surface area contributed by atoms with E-state index in [0.29, 0.717) is 17.4 Å². The van der Waals surface area contributed by atoms with E-state index in [2.05, 4.69) is 49.5 Å². The number of carbonyl (C=O) groups is 2. The molecule has 0 aromatic carbocycles. The van der Waals surface area contributed by atoms with Crippen molar-refractivity contribution in [3.8, 4) is 0 Å². The molecule has 0 amide bonds. The molecule has 9 nitrogen and oxygen atoms in total. The van der Waals surface area contributed by atoms with E-state index in [1.54, 1.807) is 13.0 Å². The van der Waals surface area contributed by atoms with Crippen LogP contribution in [0.5, 0.6) is 0 Å². The number of likely N-dealkylation sites (N-methyl/N-ethyl adjacent to an activating group) is 1. The highest BCUT2D eigenvalue weighted by molar-refractivity contribution is 7.47. The monoisotopic (exact) mass is 570 g/mol. The number of hydrogen-bond donors (Lipinski definition) is 1. The number of ether oxygens (including phenoxy) is 2. The normalized spacial score (nSPS) is 15.1. The molecule has 0 saturated carbocycles. The first kappa shape index (κ1) is 36.7. The summed E-state index contributed by atoms with van der Waals surface area (Å²) in [5, 5.41) is 0. The molecule has 10 heteroatoms. The Morgan fingerprint density at radius 1 is 0.769 bits per heavy atom. The first-order valence-electron chi connectivity index (χ1n) is 13.5. The number of rotatable bonds is 22. The first-order valence-corrected chi connectivity index (χ1v) is 15.0. The van der Waals surface area contributed by atoms with Crippen LogP contribution in [0.4, 0.5) is 0 Å². The van der Waals surface area contributed by atoms with Crippen molar-refractivity contribution in [1.82, 2.24) is 0 Å². The summed E-state index contributed by atoms with van der Waals surface area (Å²) in [5.41, 5.74) is 0. The van der Waals surface area contributed by atoms with Crippen molar-refractivity contribution in [3.05, 3.63) is 60.8 Å². The van der Waals surface area contributed by atoms with Crippen molar-refractivity contribution in [1.29, 1.82) is 0 Å². The Balaban J connectivity index is 4.44. The number of phosphoric ester groups is 1. The highest BCUT2D eigenvalue weighted by Crippen LogP contribution is 2.43. The summed E-state index contributed by atoms with van der Waals surface area (Å²) in [6.45, 7) is 3.51. The Kier molecular flexibility index (Phi) is 21.2. The van der Waals surface area contributed by atoms with Gasteiger partial charge in [-0.15, -0.1) is 0 Å². The first-order chi connectivity index (χ1) is 18.5. The topological polar surface area (TPSA) is 108 Å². The van der Waals surface area contributed by atoms with Crippen LogP contribution < -0.4 is 0 Å². The highest BCUT2D eigenvalue weighted by atomic mass is 31.2. The van der Waals surface area contributed by atoms with Gasteiger partial charge in [0.2, 0.25) is 0 Å². The number of quaternary nitrogens is 1. The van der Waals surface area contributed by atoms with Gasteiger partial charge in [-0.1, -0.05) is 74.6 Å². The predicted molar refractivity (Wildman–Crippen MR) is 155 cm³/mol. The second-order valence-corrected chi connectivity index (χ2v) is 11.1. The number of phosphoric acid groups is 1. The third-order valence-electron chi connectivity index (χ3n) is 4.90. The Labute approximate surface area is 235 Å². The summed E-state index contributed by atoms with van der Waals surface area (Å²) in [5.74, 6) is -1.06. The summed E-state index contributed by atoms with van der Waals surface area (Å²) in [7, 11) is 1.40. The zero-order valence-electron chi connectivity index (χ0n) is 24.3. The maximum absolute atomic E-state index is 12.2. The Hall–Kier alpha value is -2.29. The molecule has 2 atom stereocenters. The molecule has 0 rings (SSSR count). The summed E-state index contributed by atoms with van der Waals surface area (Å²) >= 11 is 0. The Morgan fingerprint density at radius 3 is 1.77 bits per heavy atom. The van der Waals surface area contributed by atoms with Crippen LogP contribution in [0.15, 0.2) is 60.8 Å². The second-order valence-electron chi connectivity index (χ2n) is 9.67. The highest BCUT2D eigenvalue weighted by Gasteiger charge is 2.26. The van der Waals surface area contributed by atoms with Gasteiger partial charge in [0.25, 0.3) is 0 Å². The van der Waals surface area contributed by atoms with Crippen LogP contribution in [0.1, 0.15) is 58.8 Å². The molecular formula is C29H49NO8P+. The minimum Gasteiger partial charge on any atom is -0.462 e. The molecular weight excluding hydrogens is 521 g/mol. The molecule has 0 aliphatic heterocycles. The van der Waals surface area contributed by atoms with Crippen molar-refractivity contribution in [2.45, 2.75) is 64.9 Å². The third-order valence-corrected chi connectivity index (χ3v) is 5.88. The van der Waals surface area contributed by atoms with Gasteiger partial charge in [-0.2, -0.15) is 0 Å². The minimum absolute atomic E-state index is 0.00251. The molecule has 222 valence electrons. The van der Waals surface area contributed by atoms with Crippen LogP contribution in [0.3, 0.4) is 0 Å². The van der Waals surface area contributed by atoms with Gasteiger partial charge < -0.3 is 18.9 Å². The molecule has 0 aliphatic rings. The average Bonchev–Trinajstić information content (AvgIpc) is 2.86. The van der Waals surface area contributed by atoms with Gasteiger partial charge in [0.05, 0.1) is 34.2 Å². The number of hydrogen-bond acceptors (Lipinski definition) is 7. The number of carbonyl (C=O) groups excluding carboxylic acids is 2. The molecule has 0 bridgehead atoms. The fourth-order valence-corrected chi connectivity index (χ4v) is 3.45.